The number of morpholine rings is 1. The highest BCUT2D eigenvalue weighted by atomic mass is 32.1. The number of benzene rings is 1. The molecule has 2 aliphatic heterocycles. The van der Waals surface area contributed by atoms with Crippen molar-refractivity contribution in [3.05, 3.63) is 23.3 Å². The third-order valence-electron chi connectivity index (χ3n) is 4.96. The fourth-order valence-corrected chi connectivity index (χ4v) is 4.64. The molecule has 2 fully saturated rings. The summed E-state index contributed by atoms with van der Waals surface area (Å²) in [7, 11) is 0. The van der Waals surface area contributed by atoms with Gasteiger partial charge in [0.05, 0.1) is 23.4 Å². The molecule has 1 atom stereocenters. The molecule has 0 bridgehead atoms. The summed E-state index contributed by atoms with van der Waals surface area (Å²) in [5.74, 6) is 0.144. The number of carbonyl (C=O) groups is 1. The number of amides is 1. The van der Waals surface area contributed by atoms with E-state index in [1.165, 1.54) is 15.8 Å². The summed E-state index contributed by atoms with van der Waals surface area (Å²) < 4.78 is 7.02. The van der Waals surface area contributed by atoms with E-state index in [1.54, 1.807) is 11.3 Å². The van der Waals surface area contributed by atoms with Crippen LogP contribution in [-0.2, 0) is 9.53 Å². The Morgan fingerprint density at radius 2 is 1.96 bits per heavy atom. The van der Waals surface area contributed by atoms with Crippen LogP contribution in [0.2, 0.25) is 0 Å². The lowest BCUT2D eigenvalue weighted by molar-refractivity contribution is -0.143. The lowest BCUT2D eigenvalue weighted by atomic mass is 10.1. The van der Waals surface area contributed by atoms with E-state index in [0.717, 1.165) is 43.1 Å². The number of carbonyl (C=O) groups excluding carboxylic acids is 1. The molecule has 2 aliphatic rings. The molecule has 3 heterocycles. The Labute approximate surface area is 146 Å². The van der Waals surface area contributed by atoms with Gasteiger partial charge in [-0.3, -0.25) is 4.79 Å². The first-order chi connectivity index (χ1) is 11.6. The van der Waals surface area contributed by atoms with Crippen molar-refractivity contribution in [2.24, 2.45) is 0 Å². The molecule has 0 aliphatic carbocycles. The van der Waals surface area contributed by atoms with Gasteiger partial charge in [-0.05, 0) is 37.8 Å². The maximum absolute atomic E-state index is 12.6. The number of hydrogen-bond donors (Lipinski definition) is 0. The van der Waals surface area contributed by atoms with Crippen LogP contribution in [0.5, 0.6) is 0 Å². The SMILES string of the molecule is Cc1ccc(C)c2sc(N3CCOC(C(=O)N4CCCC4)C3)nc12. The van der Waals surface area contributed by atoms with E-state index in [2.05, 4.69) is 30.9 Å². The zero-order valence-electron chi connectivity index (χ0n) is 14.2. The van der Waals surface area contributed by atoms with Crippen LogP contribution in [0.25, 0.3) is 10.2 Å². The lowest BCUT2D eigenvalue weighted by Crippen LogP contribution is -2.50. The van der Waals surface area contributed by atoms with Gasteiger partial charge < -0.3 is 14.5 Å². The molecule has 4 rings (SSSR count). The Kier molecular flexibility index (Phi) is 4.18. The predicted octanol–water partition coefficient (Wildman–Crippen LogP) is 2.74. The van der Waals surface area contributed by atoms with Crippen molar-refractivity contribution < 1.29 is 9.53 Å². The van der Waals surface area contributed by atoms with E-state index in [-0.39, 0.29) is 12.0 Å². The molecule has 0 spiro atoms. The van der Waals surface area contributed by atoms with Gasteiger partial charge in [0.25, 0.3) is 5.91 Å². The normalized spacial score (nSPS) is 21.7. The van der Waals surface area contributed by atoms with Gasteiger partial charge in [0.1, 0.15) is 0 Å². The van der Waals surface area contributed by atoms with Crippen LogP contribution >= 0.6 is 11.3 Å². The molecule has 1 unspecified atom stereocenters. The van der Waals surface area contributed by atoms with Crippen LogP contribution in [0.4, 0.5) is 5.13 Å². The second kappa shape index (κ2) is 6.33. The van der Waals surface area contributed by atoms with Gasteiger partial charge in [-0.1, -0.05) is 23.5 Å². The predicted molar refractivity (Wildman–Crippen MR) is 96.9 cm³/mol. The van der Waals surface area contributed by atoms with Crippen LogP contribution in [0, 0.1) is 13.8 Å². The zero-order chi connectivity index (χ0) is 16.7. The number of hydrogen-bond acceptors (Lipinski definition) is 5. The second-order valence-electron chi connectivity index (χ2n) is 6.71. The molecule has 5 nitrogen and oxygen atoms in total. The molecule has 24 heavy (non-hydrogen) atoms. The fraction of sp³-hybridized carbons (Fsp3) is 0.556. The van der Waals surface area contributed by atoms with Crippen LogP contribution in [0.15, 0.2) is 12.1 Å². The molecule has 0 N–H and O–H groups in total. The maximum atomic E-state index is 12.6. The summed E-state index contributed by atoms with van der Waals surface area (Å²) in [4.78, 5) is 21.6. The Morgan fingerprint density at radius 1 is 1.21 bits per heavy atom. The fourth-order valence-electron chi connectivity index (χ4n) is 3.50. The first-order valence-corrected chi connectivity index (χ1v) is 9.47. The molecular formula is C18H23N3O2S. The number of thiazole rings is 1. The van der Waals surface area contributed by atoms with E-state index in [9.17, 15) is 4.79 Å². The minimum Gasteiger partial charge on any atom is -0.365 e. The summed E-state index contributed by atoms with van der Waals surface area (Å²) in [5.41, 5.74) is 3.55. The standard InChI is InChI=1S/C18H23N3O2S/c1-12-5-6-13(2)16-15(12)19-18(24-16)21-9-10-23-14(11-21)17(22)20-7-3-4-8-20/h5-6,14H,3-4,7-11H2,1-2H3. The Balaban J connectivity index is 1.56. The topological polar surface area (TPSA) is 45.7 Å². The minimum atomic E-state index is -0.356. The van der Waals surface area contributed by atoms with Crippen molar-refractivity contribution in [2.75, 3.05) is 37.7 Å². The average molecular weight is 345 g/mol. The maximum Gasteiger partial charge on any atom is 0.253 e. The molecule has 2 aromatic rings. The first kappa shape index (κ1) is 15.8. The van der Waals surface area contributed by atoms with Crippen molar-refractivity contribution in [1.29, 1.82) is 0 Å². The number of fused-ring (bicyclic) bond motifs is 1. The van der Waals surface area contributed by atoms with Crippen molar-refractivity contribution in [3.8, 4) is 0 Å². The van der Waals surface area contributed by atoms with Gasteiger partial charge >= 0.3 is 0 Å². The minimum absolute atomic E-state index is 0.144. The summed E-state index contributed by atoms with van der Waals surface area (Å²) >= 11 is 1.72. The molecule has 128 valence electrons. The Hall–Kier alpha value is -1.66. The van der Waals surface area contributed by atoms with Crippen molar-refractivity contribution in [1.82, 2.24) is 9.88 Å². The third-order valence-corrected chi connectivity index (χ3v) is 6.21. The summed E-state index contributed by atoms with van der Waals surface area (Å²) in [5, 5.41) is 1.00. The van der Waals surface area contributed by atoms with Gasteiger partial charge in [-0.2, -0.15) is 0 Å². The zero-order valence-corrected chi connectivity index (χ0v) is 15.1. The van der Waals surface area contributed by atoms with Gasteiger partial charge in [-0.25, -0.2) is 4.98 Å². The highest BCUT2D eigenvalue weighted by Crippen LogP contribution is 2.33. The van der Waals surface area contributed by atoms with Crippen LogP contribution in [0.3, 0.4) is 0 Å². The number of aryl methyl sites for hydroxylation is 2. The highest BCUT2D eigenvalue weighted by molar-refractivity contribution is 7.22. The third kappa shape index (κ3) is 2.78. The molecule has 0 saturated carbocycles. The van der Waals surface area contributed by atoms with Crippen molar-refractivity contribution in [3.63, 3.8) is 0 Å². The summed E-state index contributed by atoms with van der Waals surface area (Å²) in [6.07, 6.45) is 1.86. The number of nitrogens with zero attached hydrogens (tertiary/aromatic N) is 3. The first-order valence-electron chi connectivity index (χ1n) is 8.65. The van der Waals surface area contributed by atoms with Crippen molar-refractivity contribution >= 4 is 32.6 Å². The molecule has 1 amide bonds. The lowest BCUT2D eigenvalue weighted by Gasteiger charge is -2.33. The summed E-state index contributed by atoms with van der Waals surface area (Å²) in [6, 6.07) is 4.28. The molecule has 2 saturated heterocycles. The van der Waals surface area contributed by atoms with Gasteiger partial charge in [0.15, 0.2) is 11.2 Å². The van der Waals surface area contributed by atoms with Gasteiger partial charge in [0.2, 0.25) is 0 Å². The monoisotopic (exact) mass is 345 g/mol. The number of aromatic nitrogens is 1. The number of ether oxygens (including phenoxy) is 1. The molecular weight excluding hydrogens is 322 g/mol. The average Bonchev–Trinajstić information content (AvgIpc) is 3.27. The van der Waals surface area contributed by atoms with Crippen molar-refractivity contribution in [2.45, 2.75) is 32.8 Å². The van der Waals surface area contributed by atoms with E-state index < -0.39 is 0 Å². The second-order valence-corrected chi connectivity index (χ2v) is 7.69. The van der Waals surface area contributed by atoms with Gasteiger partial charge in [0, 0.05) is 19.6 Å². The van der Waals surface area contributed by atoms with Gasteiger partial charge in [-0.15, -0.1) is 0 Å². The molecule has 1 aromatic carbocycles. The van der Waals surface area contributed by atoms with Crippen LogP contribution < -0.4 is 4.90 Å². The molecule has 6 heteroatoms. The summed E-state index contributed by atoms with van der Waals surface area (Å²) in [6.45, 7) is 7.95. The molecule has 0 radical (unpaired) electrons. The van der Waals surface area contributed by atoms with E-state index in [1.807, 2.05) is 4.90 Å². The number of anilines is 1. The van der Waals surface area contributed by atoms with E-state index in [4.69, 9.17) is 9.72 Å². The highest BCUT2D eigenvalue weighted by Gasteiger charge is 2.32. The molecule has 1 aromatic heterocycles. The van der Waals surface area contributed by atoms with E-state index in [0.29, 0.717) is 13.2 Å². The Bertz CT molecular complexity index is 728. The number of rotatable bonds is 2. The largest absolute Gasteiger partial charge is 0.365 e. The quantitative estimate of drug-likeness (QED) is 0.840. The number of likely N-dealkylation sites (tertiary alicyclic amines) is 1. The van der Waals surface area contributed by atoms with E-state index >= 15 is 0 Å². The smallest absolute Gasteiger partial charge is 0.253 e. The van der Waals surface area contributed by atoms with Crippen LogP contribution in [0.1, 0.15) is 24.0 Å². The Morgan fingerprint density at radius 3 is 2.71 bits per heavy atom. The van der Waals surface area contributed by atoms with Crippen LogP contribution in [-0.4, -0.2) is 54.7 Å².